The molecule has 3 heterocycles. The van der Waals surface area contributed by atoms with Gasteiger partial charge in [0.05, 0.1) is 34.6 Å². The Morgan fingerprint density at radius 2 is 1.62 bits per heavy atom. The molecule has 1 aromatic carbocycles. The molecule has 2 fully saturated rings. The van der Waals surface area contributed by atoms with Crippen molar-refractivity contribution in [2.75, 3.05) is 0 Å². The molecule has 2 spiro atoms. The number of allylic oxidation sites excluding steroid dienone is 3. The van der Waals surface area contributed by atoms with Gasteiger partial charge >= 0.3 is 11.4 Å². The molecule has 2 aliphatic heterocycles. The first-order valence-corrected chi connectivity index (χ1v) is 22.1. The van der Waals surface area contributed by atoms with Gasteiger partial charge in [0.15, 0.2) is 8.32 Å². The van der Waals surface area contributed by atoms with Crippen molar-refractivity contribution in [2.45, 2.75) is 147 Å². The second kappa shape index (κ2) is 11.3. The zero-order chi connectivity index (χ0) is 36.4. The molecule has 0 saturated heterocycles. The van der Waals surface area contributed by atoms with Gasteiger partial charge in [0.2, 0.25) is 0 Å². The van der Waals surface area contributed by atoms with E-state index in [2.05, 4.69) is 78.9 Å². The number of hydrogen-bond acceptors (Lipinski definition) is 5. The van der Waals surface area contributed by atoms with Gasteiger partial charge in [-0.2, -0.15) is 0 Å². The van der Waals surface area contributed by atoms with Gasteiger partial charge < -0.3 is 14.6 Å². The molecule has 4 aliphatic carbocycles. The largest absolute Gasteiger partial charge is 0.410 e. The third-order valence-electron chi connectivity index (χ3n) is 15.0. The summed E-state index contributed by atoms with van der Waals surface area (Å²) in [5.74, 6) is 0.511. The first-order valence-electron chi connectivity index (χ1n) is 19.2. The Morgan fingerprint density at radius 1 is 0.960 bits per heavy atom. The number of benzene rings is 1. The Balaban J connectivity index is 1.41. The van der Waals surface area contributed by atoms with Crippen LogP contribution in [0.4, 0.5) is 0 Å². The summed E-state index contributed by atoms with van der Waals surface area (Å²) in [4.78, 5) is 30.1. The lowest BCUT2D eigenvalue weighted by Gasteiger charge is -2.71. The number of rotatable bonds is 8. The van der Waals surface area contributed by atoms with E-state index in [-0.39, 0.29) is 39.8 Å². The van der Waals surface area contributed by atoms with Crippen LogP contribution < -0.4 is 11.4 Å². The monoisotopic (exact) mass is 703 g/mol. The summed E-state index contributed by atoms with van der Waals surface area (Å²) < 4.78 is 12.1. The van der Waals surface area contributed by atoms with E-state index in [9.17, 15) is 15.0 Å². The van der Waals surface area contributed by atoms with E-state index < -0.39 is 36.5 Å². The zero-order valence-electron chi connectivity index (χ0n) is 32.1. The van der Waals surface area contributed by atoms with Gasteiger partial charge in [0.1, 0.15) is 0 Å². The van der Waals surface area contributed by atoms with E-state index in [0.29, 0.717) is 30.4 Å². The molecule has 274 valence electrons. The first kappa shape index (κ1) is 35.9. The van der Waals surface area contributed by atoms with Crippen LogP contribution in [0.1, 0.15) is 100 Å². The van der Waals surface area contributed by atoms with Crippen LogP contribution >= 0.6 is 0 Å². The second-order valence-electron chi connectivity index (χ2n) is 19.4. The minimum absolute atomic E-state index is 0.00737. The molecule has 2 N–H and O–H groups in total. The number of aliphatic hydroxyl groups is 2. The number of para-hydroxylation sites is 1. The van der Waals surface area contributed by atoms with Crippen molar-refractivity contribution in [3.05, 3.63) is 75.6 Å². The molecular weight excluding hydrogens is 643 g/mol. The molecule has 2 bridgehead atoms. The highest BCUT2D eigenvalue weighted by Gasteiger charge is 2.76. The molecule has 1 aromatic heterocycles. The van der Waals surface area contributed by atoms with E-state index >= 15 is 4.79 Å². The third-order valence-corrected chi connectivity index (χ3v) is 19.5. The summed E-state index contributed by atoms with van der Waals surface area (Å²) in [5.41, 5.74) is -3.43. The fourth-order valence-electron chi connectivity index (χ4n) is 11.7. The highest BCUT2D eigenvalue weighted by Crippen LogP contribution is 2.73. The van der Waals surface area contributed by atoms with Gasteiger partial charge in [0, 0.05) is 17.8 Å². The van der Waals surface area contributed by atoms with Gasteiger partial charge in [-0.3, -0.25) is 0 Å². The average molecular weight is 704 g/mol. The standard InChI is InChI=1S/C41H61N3O5Si/c1-27(15-14-21-37(5,6)48)30-18-19-32-38(30,7)26-31(45)33-39(8)22-20-29(49-50(9,10)36(2,3)4)25-40(39)23-24-41(32,33)44-35(47)42(34(46)43(40)44)28-16-12-11-13-17-28/h11-13,16-17,20,22-24,27,29-33,45,48H,14-15,18-19,21,25-26H2,1-10H3/t27-,29+,30-,31-,32-,33-,38-,39-,40-,41+/m1/s1. The van der Waals surface area contributed by atoms with Crippen LogP contribution in [0.5, 0.6) is 0 Å². The van der Waals surface area contributed by atoms with Gasteiger partial charge in [-0.1, -0.05) is 96.9 Å². The Kier molecular flexibility index (Phi) is 8.10. The quantitative estimate of drug-likeness (QED) is 0.226. The minimum atomic E-state index is -2.19. The van der Waals surface area contributed by atoms with E-state index in [1.807, 2.05) is 53.5 Å². The fourth-order valence-corrected chi connectivity index (χ4v) is 13.0. The van der Waals surface area contributed by atoms with Gasteiger partial charge in [-0.15, -0.1) is 0 Å². The number of nitrogens with zero attached hydrogens (tertiary/aromatic N) is 3. The topological polar surface area (TPSA) is 98.6 Å². The molecule has 0 unspecified atom stereocenters. The Morgan fingerprint density at radius 3 is 2.26 bits per heavy atom. The summed E-state index contributed by atoms with van der Waals surface area (Å²) in [6.07, 6.45) is 13.9. The van der Waals surface area contributed by atoms with Gasteiger partial charge in [-0.05, 0) is 93.0 Å². The average Bonchev–Trinajstić information content (AvgIpc) is 3.50. The predicted molar refractivity (Wildman–Crippen MR) is 201 cm³/mol. The molecular formula is C41H61N3O5Si. The predicted octanol–water partition coefficient (Wildman–Crippen LogP) is 7.12. The number of fused-ring (bicyclic) bond motifs is 1. The van der Waals surface area contributed by atoms with Gasteiger partial charge in [0.25, 0.3) is 0 Å². The van der Waals surface area contributed by atoms with Crippen molar-refractivity contribution in [1.29, 1.82) is 0 Å². The van der Waals surface area contributed by atoms with Crippen molar-refractivity contribution in [3.63, 3.8) is 0 Å². The highest BCUT2D eigenvalue weighted by atomic mass is 28.4. The van der Waals surface area contributed by atoms with Crippen LogP contribution in [0.15, 0.2) is 64.2 Å². The normalized spacial score (nSPS) is 38.0. The Bertz CT molecular complexity index is 1830. The smallest absolute Gasteiger partial charge is 0.352 e. The van der Waals surface area contributed by atoms with Crippen molar-refractivity contribution < 1.29 is 14.6 Å². The van der Waals surface area contributed by atoms with Crippen molar-refractivity contribution >= 4 is 8.32 Å². The number of aromatic nitrogens is 3. The third kappa shape index (κ3) is 4.77. The first-order chi connectivity index (χ1) is 23.1. The Hall–Kier alpha value is -2.46. The zero-order valence-corrected chi connectivity index (χ0v) is 33.1. The van der Waals surface area contributed by atoms with Crippen LogP contribution in [0.25, 0.3) is 5.69 Å². The van der Waals surface area contributed by atoms with E-state index in [1.54, 1.807) is 0 Å². The van der Waals surface area contributed by atoms with E-state index in [0.717, 1.165) is 32.1 Å². The molecule has 0 amide bonds. The van der Waals surface area contributed by atoms with Crippen LogP contribution in [-0.2, 0) is 15.5 Å². The van der Waals surface area contributed by atoms with Crippen molar-refractivity contribution in [2.24, 2.45) is 34.5 Å². The molecule has 0 radical (unpaired) electrons. The van der Waals surface area contributed by atoms with Crippen LogP contribution in [0.2, 0.25) is 18.1 Å². The molecule has 2 aromatic rings. The summed E-state index contributed by atoms with van der Waals surface area (Å²) in [6.45, 7) is 21.9. The molecule has 8 rings (SSSR count). The molecule has 6 aliphatic rings. The van der Waals surface area contributed by atoms with Crippen molar-refractivity contribution in [3.8, 4) is 5.69 Å². The lowest BCUT2D eigenvalue weighted by molar-refractivity contribution is -0.210. The summed E-state index contributed by atoms with van der Waals surface area (Å²) >= 11 is 0. The molecule has 2 saturated carbocycles. The SMILES string of the molecule is C[C@H](CCCC(C)(C)O)[C@H]1CC[C@@H]2[C@]1(C)C[C@@H](O)[C@H]1[C@]23C=C[C@]2(C[C@@H](O[Si](C)(C)C(C)(C)C)C=C[C@]12C)n1c(=O)n(-c2ccccc2)c(=O)n13. The van der Waals surface area contributed by atoms with E-state index in [4.69, 9.17) is 4.43 Å². The number of hydrogen-bond donors (Lipinski definition) is 2. The summed E-state index contributed by atoms with van der Waals surface area (Å²) in [6, 6.07) is 9.31. The highest BCUT2D eigenvalue weighted by molar-refractivity contribution is 6.74. The second-order valence-corrected chi connectivity index (χ2v) is 24.2. The van der Waals surface area contributed by atoms with Crippen molar-refractivity contribution in [1.82, 2.24) is 13.9 Å². The summed E-state index contributed by atoms with van der Waals surface area (Å²) in [7, 11) is -2.19. The molecule has 8 nitrogen and oxygen atoms in total. The maximum atomic E-state index is 15.1. The Labute approximate surface area is 299 Å². The number of aliphatic hydroxyl groups excluding tert-OH is 1. The van der Waals surface area contributed by atoms with Gasteiger partial charge in [-0.25, -0.2) is 23.5 Å². The maximum absolute atomic E-state index is 15.1. The molecule has 10 atom stereocenters. The van der Waals surface area contributed by atoms with Crippen LogP contribution in [0.3, 0.4) is 0 Å². The molecule has 50 heavy (non-hydrogen) atoms. The molecule has 9 heteroatoms. The lowest BCUT2D eigenvalue weighted by Crippen LogP contribution is -2.78. The minimum Gasteiger partial charge on any atom is -0.410 e. The lowest BCUT2D eigenvalue weighted by atomic mass is 9.40. The fraction of sp³-hybridized carbons (Fsp3) is 0.707. The van der Waals surface area contributed by atoms with E-state index in [1.165, 1.54) is 4.57 Å². The summed E-state index contributed by atoms with van der Waals surface area (Å²) in [5, 5.41) is 23.1. The van der Waals surface area contributed by atoms with Crippen LogP contribution in [-0.4, -0.2) is 50.3 Å². The maximum Gasteiger partial charge on any atom is 0.352 e. The van der Waals surface area contributed by atoms with Crippen LogP contribution in [0, 0.1) is 34.5 Å².